The Bertz CT molecular complexity index is 699. The first-order valence-corrected chi connectivity index (χ1v) is 10.1. The fourth-order valence-corrected chi connectivity index (χ4v) is 4.46. The van der Waals surface area contributed by atoms with Crippen molar-refractivity contribution in [2.24, 2.45) is 0 Å². The molecule has 0 spiro atoms. The highest BCUT2D eigenvalue weighted by Gasteiger charge is 2.31. The van der Waals surface area contributed by atoms with Gasteiger partial charge in [0.15, 0.2) is 9.84 Å². The van der Waals surface area contributed by atoms with Gasteiger partial charge in [-0.25, -0.2) is 8.42 Å². The maximum Gasteiger partial charge on any atom is 0.416 e. The van der Waals surface area contributed by atoms with E-state index >= 15 is 0 Å². The molecule has 1 aliphatic heterocycles. The molecule has 0 bridgehead atoms. The first-order chi connectivity index (χ1) is 11.6. The van der Waals surface area contributed by atoms with Gasteiger partial charge in [-0.1, -0.05) is 19.1 Å². The molecule has 0 radical (unpaired) electrons. The van der Waals surface area contributed by atoms with E-state index in [1.54, 1.807) is 4.90 Å². The molecule has 1 heterocycles. The van der Waals surface area contributed by atoms with Crippen LogP contribution in [0.3, 0.4) is 0 Å². The van der Waals surface area contributed by atoms with Gasteiger partial charge in [-0.2, -0.15) is 13.2 Å². The van der Waals surface area contributed by atoms with Crippen LogP contribution < -0.4 is 0 Å². The van der Waals surface area contributed by atoms with E-state index in [0.717, 1.165) is 49.9 Å². The average Bonchev–Trinajstić information content (AvgIpc) is 2.53. The van der Waals surface area contributed by atoms with Crippen LogP contribution in [0.25, 0.3) is 0 Å². The Hall–Kier alpha value is -1.57. The van der Waals surface area contributed by atoms with E-state index in [9.17, 15) is 26.4 Å². The van der Waals surface area contributed by atoms with Crippen LogP contribution in [-0.4, -0.2) is 37.6 Å². The molecule has 8 heteroatoms. The highest BCUT2D eigenvalue weighted by Crippen LogP contribution is 2.29. The zero-order chi connectivity index (χ0) is 18.7. The number of hydrogen-bond donors (Lipinski definition) is 0. The number of likely N-dealkylation sites (tertiary alicyclic amines) is 1. The minimum Gasteiger partial charge on any atom is -0.339 e. The lowest BCUT2D eigenvalue weighted by atomic mass is 10.0. The maximum absolute atomic E-state index is 12.5. The number of nitrogens with zero attached hydrogens (tertiary/aromatic N) is 1. The minimum absolute atomic E-state index is 0.0718. The van der Waals surface area contributed by atoms with Crippen LogP contribution in [-0.2, 0) is 26.6 Å². The Morgan fingerprint density at radius 2 is 1.84 bits per heavy atom. The van der Waals surface area contributed by atoms with E-state index in [1.807, 2.05) is 6.92 Å². The third-order valence-electron chi connectivity index (χ3n) is 4.43. The Morgan fingerprint density at radius 3 is 2.40 bits per heavy atom. The molecule has 1 atom stereocenters. The first-order valence-electron chi connectivity index (χ1n) is 8.28. The molecule has 1 fully saturated rings. The molecule has 1 saturated heterocycles. The highest BCUT2D eigenvalue weighted by atomic mass is 32.2. The van der Waals surface area contributed by atoms with Crippen molar-refractivity contribution in [3.05, 3.63) is 35.4 Å². The molecular weight excluding hydrogens is 355 g/mol. The van der Waals surface area contributed by atoms with Gasteiger partial charge in [0, 0.05) is 12.6 Å². The molecule has 0 N–H and O–H groups in total. The van der Waals surface area contributed by atoms with Gasteiger partial charge in [-0.05, 0) is 43.4 Å². The van der Waals surface area contributed by atoms with E-state index in [1.165, 1.54) is 0 Å². The maximum atomic E-state index is 12.5. The summed E-state index contributed by atoms with van der Waals surface area (Å²) in [6.45, 7) is 2.53. The summed E-state index contributed by atoms with van der Waals surface area (Å²) in [5, 5.41) is 0. The van der Waals surface area contributed by atoms with Gasteiger partial charge in [0.25, 0.3) is 0 Å². The molecule has 4 nitrogen and oxygen atoms in total. The lowest BCUT2D eigenvalue weighted by Gasteiger charge is -2.35. The number of piperidine rings is 1. The van der Waals surface area contributed by atoms with E-state index in [-0.39, 0.29) is 11.6 Å². The van der Waals surface area contributed by atoms with Gasteiger partial charge in [-0.15, -0.1) is 0 Å². The topological polar surface area (TPSA) is 54.5 Å². The van der Waals surface area contributed by atoms with Gasteiger partial charge in [0.2, 0.25) is 5.91 Å². The highest BCUT2D eigenvalue weighted by molar-refractivity contribution is 7.91. The third kappa shape index (κ3) is 5.45. The van der Waals surface area contributed by atoms with E-state index in [0.29, 0.717) is 6.54 Å². The zero-order valence-corrected chi connectivity index (χ0v) is 14.9. The van der Waals surface area contributed by atoms with Crippen LogP contribution in [0.2, 0.25) is 0 Å². The van der Waals surface area contributed by atoms with E-state index < -0.39 is 39.0 Å². The molecule has 140 valence electrons. The smallest absolute Gasteiger partial charge is 0.339 e. The Labute approximate surface area is 145 Å². The SMILES string of the molecule is CCC1CCCCN1C(=O)CS(=O)(=O)Cc1ccc(C(F)(F)F)cc1. The Kier molecular flexibility index (Phi) is 6.13. The standard InChI is InChI=1S/C17H22F3NO3S/c1-2-15-5-3-4-10-21(15)16(22)12-25(23,24)11-13-6-8-14(9-7-13)17(18,19)20/h6-9,15H,2-5,10-12H2,1H3. The first kappa shape index (κ1) is 19.8. The van der Waals surface area contributed by atoms with Crippen LogP contribution >= 0.6 is 0 Å². The quantitative estimate of drug-likeness (QED) is 0.790. The second-order valence-electron chi connectivity index (χ2n) is 6.37. The van der Waals surface area contributed by atoms with Gasteiger partial charge < -0.3 is 4.90 Å². The normalized spacial score (nSPS) is 19.0. The monoisotopic (exact) mass is 377 g/mol. The fraction of sp³-hybridized carbons (Fsp3) is 0.588. The molecule has 25 heavy (non-hydrogen) atoms. The fourth-order valence-electron chi connectivity index (χ4n) is 3.12. The summed E-state index contributed by atoms with van der Waals surface area (Å²) in [5.74, 6) is -1.47. The number of hydrogen-bond acceptors (Lipinski definition) is 3. The van der Waals surface area contributed by atoms with E-state index in [4.69, 9.17) is 0 Å². The lowest BCUT2D eigenvalue weighted by molar-refractivity contribution is -0.137. The number of sulfone groups is 1. The molecular formula is C17H22F3NO3S. The number of amides is 1. The van der Waals surface area contributed by atoms with Crippen molar-refractivity contribution in [2.45, 2.75) is 50.6 Å². The van der Waals surface area contributed by atoms with Gasteiger partial charge in [-0.3, -0.25) is 4.79 Å². The molecule has 1 unspecified atom stereocenters. The molecule has 1 aliphatic rings. The second-order valence-corrected chi connectivity index (χ2v) is 8.44. The molecule has 0 aliphatic carbocycles. The van der Waals surface area contributed by atoms with E-state index in [2.05, 4.69) is 0 Å². The lowest BCUT2D eigenvalue weighted by Crippen LogP contribution is -2.45. The van der Waals surface area contributed by atoms with Crippen molar-refractivity contribution >= 4 is 15.7 Å². The predicted octanol–water partition coefficient (Wildman–Crippen LogP) is 3.41. The van der Waals surface area contributed by atoms with Crippen LogP contribution in [0.4, 0.5) is 13.2 Å². The molecule has 1 amide bonds. The number of halogens is 3. The summed E-state index contributed by atoms with van der Waals surface area (Å²) in [6, 6.07) is 4.05. The summed E-state index contributed by atoms with van der Waals surface area (Å²) in [4.78, 5) is 14.0. The summed E-state index contributed by atoms with van der Waals surface area (Å²) >= 11 is 0. The van der Waals surface area contributed by atoms with Crippen molar-refractivity contribution in [3.8, 4) is 0 Å². The Morgan fingerprint density at radius 1 is 1.20 bits per heavy atom. The molecule has 0 saturated carbocycles. The van der Waals surface area contributed by atoms with Gasteiger partial charge in [0.05, 0.1) is 11.3 Å². The summed E-state index contributed by atoms with van der Waals surface area (Å²) < 4.78 is 62.1. The largest absolute Gasteiger partial charge is 0.416 e. The number of carbonyl (C=O) groups excluding carboxylic acids is 1. The predicted molar refractivity (Wildman–Crippen MR) is 88.6 cm³/mol. The van der Waals surface area contributed by atoms with Crippen molar-refractivity contribution in [3.63, 3.8) is 0 Å². The van der Waals surface area contributed by atoms with Crippen molar-refractivity contribution in [1.82, 2.24) is 4.90 Å². The van der Waals surface area contributed by atoms with Crippen LogP contribution in [0.5, 0.6) is 0 Å². The molecule has 1 aromatic carbocycles. The minimum atomic E-state index is -4.46. The Balaban J connectivity index is 2.02. The summed E-state index contributed by atoms with van der Waals surface area (Å²) in [5.41, 5.74) is -0.588. The number of alkyl halides is 3. The zero-order valence-electron chi connectivity index (χ0n) is 14.1. The van der Waals surface area contributed by atoms with Crippen molar-refractivity contribution in [1.29, 1.82) is 0 Å². The average molecular weight is 377 g/mol. The number of carbonyl (C=O) groups is 1. The molecule has 1 aromatic rings. The third-order valence-corrected chi connectivity index (χ3v) is 5.89. The second kappa shape index (κ2) is 7.76. The van der Waals surface area contributed by atoms with Crippen LogP contribution in [0.1, 0.15) is 43.7 Å². The number of benzene rings is 1. The molecule has 2 rings (SSSR count). The summed E-state index contributed by atoms with van der Waals surface area (Å²) in [7, 11) is -3.74. The molecule has 0 aromatic heterocycles. The number of rotatable bonds is 5. The van der Waals surface area contributed by atoms with Gasteiger partial charge in [0.1, 0.15) is 5.75 Å². The van der Waals surface area contributed by atoms with Crippen LogP contribution in [0, 0.1) is 0 Å². The summed E-state index contributed by atoms with van der Waals surface area (Å²) in [6.07, 6.45) is -0.912. The van der Waals surface area contributed by atoms with Gasteiger partial charge >= 0.3 is 6.18 Å². The van der Waals surface area contributed by atoms with Crippen LogP contribution in [0.15, 0.2) is 24.3 Å². The van der Waals surface area contributed by atoms with Crippen molar-refractivity contribution in [2.75, 3.05) is 12.3 Å². The van der Waals surface area contributed by atoms with Crippen molar-refractivity contribution < 1.29 is 26.4 Å².